The van der Waals surface area contributed by atoms with Crippen LogP contribution in [-0.2, 0) is 15.6 Å². The van der Waals surface area contributed by atoms with Gasteiger partial charge in [0.15, 0.2) is 11.0 Å². The van der Waals surface area contributed by atoms with E-state index in [0.717, 1.165) is 17.1 Å². The van der Waals surface area contributed by atoms with Crippen LogP contribution in [0.15, 0.2) is 30.3 Å². The second-order valence-electron chi connectivity index (χ2n) is 6.97. The zero-order valence-corrected chi connectivity index (χ0v) is 14.8. The summed E-state index contributed by atoms with van der Waals surface area (Å²) in [5, 5.41) is 1.82. The van der Waals surface area contributed by atoms with Gasteiger partial charge in [-0.05, 0) is 39.0 Å². The molecule has 0 bridgehead atoms. The standard InChI is InChI=1S/C20H31OS/c1-17-16-22(17)20(18-10-5-4-6-11-18)14-8-3-2-7-12-19-13-9-15-21-19/h4-6,10-11,17,19-20H,2-3,7-9,12-16H2,1H3/q+1. The van der Waals surface area contributed by atoms with Crippen LogP contribution in [0.3, 0.4) is 0 Å². The van der Waals surface area contributed by atoms with Crippen LogP contribution >= 0.6 is 0 Å². The lowest BCUT2D eigenvalue weighted by Gasteiger charge is -2.11. The third kappa shape index (κ3) is 4.76. The van der Waals surface area contributed by atoms with E-state index >= 15 is 0 Å². The van der Waals surface area contributed by atoms with Gasteiger partial charge in [-0.15, -0.1) is 0 Å². The van der Waals surface area contributed by atoms with Crippen LogP contribution in [0.1, 0.15) is 69.1 Å². The van der Waals surface area contributed by atoms with Gasteiger partial charge in [0.25, 0.3) is 0 Å². The number of benzene rings is 1. The molecule has 22 heavy (non-hydrogen) atoms. The van der Waals surface area contributed by atoms with Gasteiger partial charge in [-0.3, -0.25) is 0 Å². The molecule has 0 aromatic heterocycles. The molecule has 2 heteroatoms. The fraction of sp³-hybridized carbons (Fsp3) is 0.700. The summed E-state index contributed by atoms with van der Waals surface area (Å²) >= 11 is 0. The Hall–Kier alpha value is -0.470. The van der Waals surface area contributed by atoms with Gasteiger partial charge in [0, 0.05) is 23.1 Å². The number of unbranched alkanes of at least 4 members (excludes halogenated alkanes) is 3. The molecule has 0 amide bonds. The molecule has 4 unspecified atom stereocenters. The molecule has 3 rings (SSSR count). The molecule has 0 N–H and O–H groups in total. The Bertz CT molecular complexity index is 427. The van der Waals surface area contributed by atoms with Gasteiger partial charge < -0.3 is 4.74 Å². The largest absolute Gasteiger partial charge is 0.378 e. The van der Waals surface area contributed by atoms with Gasteiger partial charge in [-0.25, -0.2) is 0 Å². The molecule has 4 atom stereocenters. The Balaban J connectivity index is 1.35. The molecular weight excluding hydrogens is 288 g/mol. The molecule has 122 valence electrons. The van der Waals surface area contributed by atoms with Crippen LogP contribution in [0.4, 0.5) is 0 Å². The highest BCUT2D eigenvalue weighted by molar-refractivity contribution is 8.04. The third-order valence-corrected chi connectivity index (χ3v) is 8.03. The lowest BCUT2D eigenvalue weighted by Crippen LogP contribution is -2.05. The van der Waals surface area contributed by atoms with Crippen molar-refractivity contribution < 1.29 is 4.74 Å². The number of hydrogen-bond acceptors (Lipinski definition) is 1. The average Bonchev–Trinajstić information content (AvgIpc) is 3.04. The van der Waals surface area contributed by atoms with Crippen LogP contribution in [0.25, 0.3) is 0 Å². The summed E-state index contributed by atoms with van der Waals surface area (Å²) in [6.07, 6.45) is 11.4. The molecule has 2 fully saturated rings. The maximum atomic E-state index is 5.71. The lowest BCUT2D eigenvalue weighted by atomic mass is 10.0. The molecule has 0 saturated carbocycles. The molecule has 2 heterocycles. The molecule has 2 aliphatic rings. The van der Waals surface area contributed by atoms with Crippen LogP contribution in [0.5, 0.6) is 0 Å². The summed E-state index contributed by atoms with van der Waals surface area (Å²) < 4.78 is 5.71. The van der Waals surface area contributed by atoms with Crippen molar-refractivity contribution in [3.63, 3.8) is 0 Å². The van der Waals surface area contributed by atoms with Crippen molar-refractivity contribution in [1.82, 2.24) is 0 Å². The first-order chi connectivity index (χ1) is 10.8. The van der Waals surface area contributed by atoms with Crippen molar-refractivity contribution in [2.24, 2.45) is 0 Å². The highest BCUT2D eigenvalue weighted by Gasteiger charge is 2.51. The van der Waals surface area contributed by atoms with Gasteiger partial charge in [0.1, 0.15) is 5.25 Å². The molecular formula is C20H31OS+. The van der Waals surface area contributed by atoms with E-state index in [-0.39, 0.29) is 0 Å². The smallest absolute Gasteiger partial charge is 0.160 e. The van der Waals surface area contributed by atoms with Crippen molar-refractivity contribution in [3.05, 3.63) is 35.9 Å². The highest BCUT2D eigenvalue weighted by atomic mass is 32.2. The predicted octanol–water partition coefficient (Wildman–Crippen LogP) is 5.27. The summed E-state index contributed by atoms with van der Waals surface area (Å²) in [6.45, 7) is 3.44. The molecule has 0 aliphatic carbocycles. The third-order valence-electron chi connectivity index (χ3n) is 5.13. The van der Waals surface area contributed by atoms with Crippen molar-refractivity contribution in [1.29, 1.82) is 0 Å². The van der Waals surface area contributed by atoms with E-state index in [1.807, 2.05) is 0 Å². The second-order valence-corrected chi connectivity index (χ2v) is 9.62. The van der Waals surface area contributed by atoms with Crippen LogP contribution in [-0.4, -0.2) is 23.7 Å². The van der Waals surface area contributed by atoms with Gasteiger partial charge >= 0.3 is 0 Å². The van der Waals surface area contributed by atoms with Crippen LogP contribution in [0, 0.1) is 0 Å². The van der Waals surface area contributed by atoms with Crippen molar-refractivity contribution in [2.75, 3.05) is 12.4 Å². The summed E-state index contributed by atoms with van der Waals surface area (Å²) in [6, 6.07) is 11.3. The topological polar surface area (TPSA) is 9.23 Å². The highest BCUT2D eigenvalue weighted by Crippen LogP contribution is 2.42. The number of ether oxygens (including phenoxy) is 1. The lowest BCUT2D eigenvalue weighted by molar-refractivity contribution is 0.102. The van der Waals surface area contributed by atoms with E-state index in [4.69, 9.17) is 4.74 Å². The molecule has 2 saturated heterocycles. The maximum Gasteiger partial charge on any atom is 0.160 e. The predicted molar refractivity (Wildman–Crippen MR) is 97.6 cm³/mol. The number of hydrogen-bond donors (Lipinski definition) is 0. The van der Waals surface area contributed by atoms with E-state index in [2.05, 4.69) is 37.3 Å². The monoisotopic (exact) mass is 319 g/mol. The second kappa shape index (κ2) is 8.40. The fourth-order valence-electron chi connectivity index (χ4n) is 3.72. The first-order valence-corrected chi connectivity index (χ1v) is 10.7. The van der Waals surface area contributed by atoms with Crippen molar-refractivity contribution in [3.8, 4) is 0 Å². The molecule has 1 aromatic carbocycles. The average molecular weight is 320 g/mol. The van der Waals surface area contributed by atoms with Crippen LogP contribution in [0.2, 0.25) is 0 Å². The minimum Gasteiger partial charge on any atom is -0.378 e. The Morgan fingerprint density at radius 1 is 1.14 bits per heavy atom. The minimum atomic E-state index is 0.589. The molecule has 0 spiro atoms. The summed E-state index contributed by atoms with van der Waals surface area (Å²) in [5.74, 6) is 1.47. The van der Waals surface area contributed by atoms with Gasteiger partial charge in [0.05, 0.1) is 6.10 Å². The zero-order valence-electron chi connectivity index (χ0n) is 14.0. The molecule has 1 aromatic rings. The van der Waals surface area contributed by atoms with Crippen molar-refractivity contribution in [2.45, 2.75) is 74.9 Å². The van der Waals surface area contributed by atoms with Gasteiger partial charge in [-0.2, -0.15) is 0 Å². The molecule has 0 radical (unpaired) electrons. The first-order valence-electron chi connectivity index (χ1n) is 9.19. The van der Waals surface area contributed by atoms with E-state index in [1.54, 1.807) is 5.56 Å². The zero-order chi connectivity index (χ0) is 15.2. The summed E-state index contributed by atoms with van der Waals surface area (Å²) in [7, 11) is 0.672. The summed E-state index contributed by atoms with van der Waals surface area (Å²) in [5.41, 5.74) is 1.59. The van der Waals surface area contributed by atoms with Gasteiger partial charge in [0.2, 0.25) is 0 Å². The quantitative estimate of drug-likeness (QED) is 0.342. The maximum absolute atomic E-state index is 5.71. The van der Waals surface area contributed by atoms with Crippen molar-refractivity contribution >= 4 is 10.9 Å². The van der Waals surface area contributed by atoms with E-state index in [9.17, 15) is 0 Å². The molecule has 2 aliphatic heterocycles. The van der Waals surface area contributed by atoms with Crippen LogP contribution < -0.4 is 0 Å². The molecule has 1 nitrogen and oxygen atoms in total. The van der Waals surface area contributed by atoms with E-state index in [0.29, 0.717) is 17.0 Å². The first kappa shape index (κ1) is 16.4. The Morgan fingerprint density at radius 3 is 2.59 bits per heavy atom. The van der Waals surface area contributed by atoms with E-state index in [1.165, 1.54) is 57.1 Å². The SMILES string of the molecule is CC1C[S+]1C(CCCCCCC1CCCO1)c1ccccc1. The minimum absolute atomic E-state index is 0.589. The Kier molecular flexibility index (Phi) is 6.26. The summed E-state index contributed by atoms with van der Waals surface area (Å²) in [4.78, 5) is 0. The Labute approximate surface area is 139 Å². The Morgan fingerprint density at radius 2 is 1.91 bits per heavy atom. The normalized spacial score (nSPS) is 28.7. The number of rotatable bonds is 9. The van der Waals surface area contributed by atoms with Gasteiger partial charge in [-0.1, -0.05) is 49.6 Å². The van der Waals surface area contributed by atoms with E-state index < -0.39 is 0 Å². The fourth-order valence-corrected chi connectivity index (χ4v) is 6.18.